The van der Waals surface area contributed by atoms with Gasteiger partial charge in [0.15, 0.2) is 0 Å². The maximum Gasteiger partial charge on any atom is 1.00 e. The minimum absolute atomic E-state index is 0. The third kappa shape index (κ3) is 26.8. The molecule has 9 nitrogen and oxygen atoms in total. The summed E-state index contributed by atoms with van der Waals surface area (Å²) in [6.07, 6.45) is 12.7. The van der Waals surface area contributed by atoms with Crippen LogP contribution in [0.3, 0.4) is 0 Å². The van der Waals surface area contributed by atoms with Gasteiger partial charge in [0.25, 0.3) is 10.1 Å². The summed E-state index contributed by atoms with van der Waals surface area (Å²) < 4.78 is 28.5. The smallest absolute Gasteiger partial charge is 0.550 e. The fourth-order valence-electron chi connectivity index (χ4n) is 2.45. The van der Waals surface area contributed by atoms with Gasteiger partial charge in [-0.1, -0.05) is 71.1 Å². The number of carbonyl (C=O) groups is 2. The molecule has 0 rings (SSSR count). The number of nitrogens with two attached hydrogens (primary N) is 1. The largest absolute Gasteiger partial charge is 1.00 e. The molecule has 0 aliphatic carbocycles. The van der Waals surface area contributed by atoms with Crippen LogP contribution in [0.2, 0.25) is 0 Å². The number of hydrogen-bond donors (Lipinski definition) is 3. The molecule has 0 aromatic heterocycles. The van der Waals surface area contributed by atoms with Crippen molar-refractivity contribution >= 4 is 22.1 Å². The van der Waals surface area contributed by atoms with Crippen molar-refractivity contribution in [1.82, 2.24) is 0 Å². The van der Waals surface area contributed by atoms with Crippen molar-refractivity contribution in [3.63, 3.8) is 0 Å². The molecule has 0 aliphatic heterocycles. The van der Waals surface area contributed by atoms with E-state index in [4.69, 9.17) is 10.3 Å². The van der Waals surface area contributed by atoms with E-state index in [1.165, 1.54) is 57.8 Å². The van der Waals surface area contributed by atoms with Crippen LogP contribution in [0.25, 0.3) is 0 Å². The molecule has 0 fully saturated rings. The van der Waals surface area contributed by atoms with Crippen molar-refractivity contribution in [3.05, 3.63) is 0 Å². The molecule has 30 heavy (non-hydrogen) atoms. The number of aliphatic hydroxyl groups excluding tert-OH is 1. The molecule has 0 aliphatic rings. The molecule has 0 bridgehead atoms. The fourth-order valence-corrected chi connectivity index (χ4v) is 3.04. The van der Waals surface area contributed by atoms with Crippen LogP contribution < -0.4 is 75.1 Å². The van der Waals surface area contributed by atoms with Gasteiger partial charge in [-0.15, -0.1) is 0 Å². The van der Waals surface area contributed by atoms with Gasteiger partial charge in [0.05, 0.1) is 12.1 Å². The van der Waals surface area contributed by atoms with E-state index < -0.39 is 33.7 Å². The normalized spacial score (nSPS) is 12.4. The van der Waals surface area contributed by atoms with Gasteiger partial charge in [-0.2, -0.15) is 8.42 Å². The van der Waals surface area contributed by atoms with Gasteiger partial charge in [0.1, 0.15) is 5.25 Å². The van der Waals surface area contributed by atoms with Crippen LogP contribution in [0.4, 0.5) is 0 Å². The molecular weight excluding hydrogens is 436 g/mol. The molecule has 0 aromatic rings. The maximum absolute atomic E-state index is 10.2. The molecule has 12 heteroatoms. The summed E-state index contributed by atoms with van der Waals surface area (Å²) >= 11 is 0. The minimum Gasteiger partial charge on any atom is -0.550 e. The number of hydrogen-bond acceptors (Lipinski definition) is 8. The van der Waals surface area contributed by atoms with Gasteiger partial charge in [-0.25, -0.2) is 0 Å². The van der Waals surface area contributed by atoms with Crippen molar-refractivity contribution < 1.29 is 97.0 Å². The molecule has 0 spiro atoms. The van der Waals surface area contributed by atoms with Crippen LogP contribution >= 0.6 is 0 Å². The Kier molecular flexibility index (Phi) is 31.0. The second-order valence-electron chi connectivity index (χ2n) is 6.76. The van der Waals surface area contributed by atoms with Crippen LogP contribution in [0.5, 0.6) is 0 Å². The van der Waals surface area contributed by atoms with Crippen LogP contribution in [-0.4, -0.2) is 47.9 Å². The zero-order chi connectivity index (χ0) is 22.0. The summed E-state index contributed by atoms with van der Waals surface area (Å²) in [6.45, 7) is 2.67. The van der Waals surface area contributed by atoms with Crippen LogP contribution in [0.1, 0.15) is 84.0 Å². The van der Waals surface area contributed by atoms with E-state index in [1.807, 2.05) is 0 Å². The SMILES string of the molecule is CCCCCCCCCCCCC(O)CN.O=C([O-])CC(C(=O)[O-])S(=O)(=O)O.[Na+].[Na+]. The number of carbonyl (C=O) groups excluding carboxylic acids is 2. The molecule has 0 amide bonds. The second kappa shape index (κ2) is 24.4. The summed E-state index contributed by atoms with van der Waals surface area (Å²) in [5.41, 5.74) is 5.34. The van der Waals surface area contributed by atoms with Crippen molar-refractivity contribution in [2.24, 2.45) is 5.73 Å². The van der Waals surface area contributed by atoms with E-state index in [0.717, 1.165) is 12.8 Å². The first kappa shape index (κ1) is 38.1. The van der Waals surface area contributed by atoms with Crippen LogP contribution in [-0.2, 0) is 19.7 Å². The summed E-state index contributed by atoms with van der Waals surface area (Å²) in [4.78, 5) is 19.7. The zero-order valence-corrected chi connectivity index (χ0v) is 23.5. The van der Waals surface area contributed by atoms with Crippen molar-refractivity contribution in [1.29, 1.82) is 0 Å². The number of aliphatic carboxylic acids is 2. The Balaban J connectivity index is -0.000000219. The van der Waals surface area contributed by atoms with Crippen molar-refractivity contribution in [3.8, 4) is 0 Å². The molecular formula is C18H35NNa2O8S. The quantitative estimate of drug-likeness (QED) is 0.112. The molecule has 168 valence electrons. The summed E-state index contributed by atoms with van der Waals surface area (Å²) in [6, 6.07) is 0. The van der Waals surface area contributed by atoms with Crippen molar-refractivity contribution in [2.75, 3.05) is 6.54 Å². The minimum atomic E-state index is -4.94. The van der Waals surface area contributed by atoms with E-state index in [9.17, 15) is 33.3 Å². The van der Waals surface area contributed by atoms with Gasteiger partial charge in [0.2, 0.25) is 0 Å². The second-order valence-corrected chi connectivity index (χ2v) is 8.36. The Morgan fingerprint density at radius 3 is 1.57 bits per heavy atom. The van der Waals surface area contributed by atoms with E-state index in [0.29, 0.717) is 6.54 Å². The Labute approximate surface area is 224 Å². The van der Waals surface area contributed by atoms with E-state index in [2.05, 4.69) is 6.92 Å². The average Bonchev–Trinajstić information content (AvgIpc) is 2.60. The predicted molar refractivity (Wildman–Crippen MR) is 101 cm³/mol. The monoisotopic (exact) mass is 471 g/mol. The maximum atomic E-state index is 10.2. The fraction of sp³-hybridized carbons (Fsp3) is 0.889. The number of aliphatic hydroxyl groups is 1. The van der Waals surface area contributed by atoms with Gasteiger partial charge in [-0.05, 0) is 6.42 Å². The molecule has 2 unspecified atom stereocenters. The first-order valence-electron chi connectivity index (χ1n) is 9.81. The van der Waals surface area contributed by atoms with E-state index in [-0.39, 0.29) is 65.2 Å². The number of rotatable bonds is 16. The molecule has 2 atom stereocenters. The van der Waals surface area contributed by atoms with Crippen LogP contribution in [0, 0.1) is 0 Å². The summed E-state index contributed by atoms with van der Waals surface area (Å²) in [5.74, 6) is -4.08. The topological polar surface area (TPSA) is 181 Å². The molecule has 0 radical (unpaired) electrons. The molecule has 0 heterocycles. The Morgan fingerprint density at radius 2 is 1.30 bits per heavy atom. The Hall–Kier alpha value is 0.770. The third-order valence-electron chi connectivity index (χ3n) is 4.14. The molecule has 0 aromatic carbocycles. The Morgan fingerprint density at radius 1 is 0.900 bits per heavy atom. The van der Waals surface area contributed by atoms with Gasteiger partial charge in [-0.3, -0.25) is 4.55 Å². The molecule has 4 N–H and O–H groups in total. The summed E-state index contributed by atoms with van der Waals surface area (Å²) in [5, 5.41) is 26.5. The first-order valence-corrected chi connectivity index (χ1v) is 11.3. The summed E-state index contributed by atoms with van der Waals surface area (Å²) in [7, 11) is -4.94. The first-order chi connectivity index (χ1) is 13.1. The number of unbranched alkanes of at least 4 members (excludes halogenated alkanes) is 9. The predicted octanol–water partition coefficient (Wildman–Crippen LogP) is -6.24. The molecule has 0 saturated heterocycles. The van der Waals surface area contributed by atoms with Crippen molar-refractivity contribution in [2.45, 2.75) is 95.3 Å². The number of carboxylic acid groups (broad SMARTS) is 2. The van der Waals surface area contributed by atoms with E-state index in [1.54, 1.807) is 0 Å². The Bertz CT molecular complexity index is 520. The van der Waals surface area contributed by atoms with Crippen LogP contribution in [0.15, 0.2) is 0 Å². The van der Waals surface area contributed by atoms with Gasteiger partial charge >= 0.3 is 59.1 Å². The zero-order valence-electron chi connectivity index (χ0n) is 18.7. The van der Waals surface area contributed by atoms with Gasteiger partial charge in [0, 0.05) is 18.9 Å². The third-order valence-corrected chi connectivity index (χ3v) is 5.22. The molecule has 0 saturated carbocycles. The number of carboxylic acids is 2. The average molecular weight is 472 g/mol. The van der Waals surface area contributed by atoms with E-state index >= 15 is 0 Å². The van der Waals surface area contributed by atoms with Gasteiger partial charge < -0.3 is 30.6 Å². The standard InChI is InChI=1S/C14H31NO.C4H6O7S.2Na/c1-2-3-4-5-6-7-8-9-10-11-12-14(16)13-15;5-3(6)1-2(4(7)8)12(9,10)11;;/h14,16H,2-13,15H2,1H3;2H,1H2,(H,5,6)(H,7,8)(H,9,10,11);;/q;;2*+1/p-2.